The highest BCUT2D eigenvalue weighted by atomic mass is 19.1. The van der Waals surface area contributed by atoms with Crippen LogP contribution in [0.2, 0.25) is 0 Å². The lowest BCUT2D eigenvalue weighted by atomic mass is 10.2. The number of aromatic amines is 1. The molecule has 1 aromatic carbocycles. The maximum Gasteiger partial charge on any atom is 0.162 e. The number of benzene rings is 1. The van der Waals surface area contributed by atoms with Gasteiger partial charge in [-0.05, 0) is 38.1 Å². The molecule has 0 spiro atoms. The highest BCUT2D eigenvalue weighted by Crippen LogP contribution is 2.30. The predicted octanol–water partition coefficient (Wildman–Crippen LogP) is 3.71. The molecule has 0 aliphatic rings. The lowest BCUT2D eigenvalue weighted by molar-refractivity contribution is 0.620. The molecule has 0 saturated heterocycles. The minimum atomic E-state index is -0.282. The van der Waals surface area contributed by atoms with Crippen LogP contribution in [0.15, 0.2) is 49.2 Å². The van der Waals surface area contributed by atoms with Gasteiger partial charge in [0.25, 0.3) is 0 Å². The monoisotopic (exact) mass is 388 g/mol. The van der Waals surface area contributed by atoms with Crippen molar-refractivity contribution in [2.24, 2.45) is 0 Å². The lowest BCUT2D eigenvalue weighted by Crippen LogP contribution is -2.15. The van der Waals surface area contributed by atoms with Crippen molar-refractivity contribution in [1.82, 2.24) is 34.5 Å². The fourth-order valence-corrected chi connectivity index (χ4v) is 3.47. The average Bonchev–Trinajstić information content (AvgIpc) is 3.37. The summed E-state index contributed by atoms with van der Waals surface area (Å²) < 4.78 is 16.2. The molecule has 0 aliphatic heterocycles. The Morgan fingerprint density at radius 3 is 2.83 bits per heavy atom. The average molecular weight is 388 g/mol. The molecule has 8 nitrogen and oxygen atoms in total. The highest BCUT2D eigenvalue weighted by Gasteiger charge is 2.22. The first-order valence-electron chi connectivity index (χ1n) is 9.13. The summed E-state index contributed by atoms with van der Waals surface area (Å²) in [5.41, 5.74) is 3.20. The second-order valence-corrected chi connectivity index (χ2v) is 6.72. The van der Waals surface area contributed by atoms with Crippen LogP contribution in [0.5, 0.6) is 0 Å². The van der Waals surface area contributed by atoms with E-state index in [-0.39, 0.29) is 11.9 Å². The van der Waals surface area contributed by atoms with Crippen molar-refractivity contribution in [3.05, 3.63) is 66.4 Å². The number of nitrogens with one attached hydrogen (secondary N) is 2. The number of rotatable bonds is 4. The van der Waals surface area contributed by atoms with Gasteiger partial charge in [-0.3, -0.25) is 4.57 Å². The molecule has 1 atom stereocenters. The van der Waals surface area contributed by atoms with E-state index in [0.717, 1.165) is 0 Å². The Labute approximate surface area is 164 Å². The van der Waals surface area contributed by atoms with Crippen molar-refractivity contribution >= 4 is 28.0 Å². The molecule has 4 heterocycles. The number of hydrogen-bond donors (Lipinski definition) is 2. The molecule has 5 rings (SSSR count). The summed E-state index contributed by atoms with van der Waals surface area (Å²) in [6.07, 6.45) is 4.75. The van der Waals surface area contributed by atoms with Gasteiger partial charge in [-0.2, -0.15) is 0 Å². The molecule has 0 saturated carbocycles. The van der Waals surface area contributed by atoms with E-state index < -0.39 is 0 Å². The maximum atomic E-state index is 14.3. The van der Waals surface area contributed by atoms with Crippen LogP contribution in [-0.4, -0.2) is 34.5 Å². The van der Waals surface area contributed by atoms with Gasteiger partial charge in [0.15, 0.2) is 11.5 Å². The number of hydrogen-bond acceptors (Lipinski definition) is 6. The minimum absolute atomic E-state index is 0.262. The zero-order valence-electron chi connectivity index (χ0n) is 15.8. The summed E-state index contributed by atoms with van der Waals surface area (Å²) in [6.45, 7) is 3.71. The first kappa shape index (κ1) is 17.2. The predicted molar refractivity (Wildman–Crippen MR) is 107 cm³/mol. The second-order valence-electron chi connectivity index (χ2n) is 6.72. The smallest absolute Gasteiger partial charge is 0.162 e. The van der Waals surface area contributed by atoms with Crippen LogP contribution < -0.4 is 5.32 Å². The van der Waals surface area contributed by atoms with Crippen LogP contribution in [0.4, 0.5) is 10.2 Å². The van der Waals surface area contributed by atoms with Gasteiger partial charge < -0.3 is 10.3 Å². The first-order chi connectivity index (χ1) is 14.1. The summed E-state index contributed by atoms with van der Waals surface area (Å²) in [6, 6.07) is 8.46. The van der Waals surface area contributed by atoms with Crippen molar-refractivity contribution in [3.8, 4) is 5.82 Å². The van der Waals surface area contributed by atoms with Gasteiger partial charge in [0, 0.05) is 11.8 Å². The SMILES string of the molecule is Cc1c(F)ccc2nc([C@H](C)Nc3ncnc4[nH]cnc34)n(-c3ccccn3)c12. The number of imidazole rings is 2. The molecule has 0 radical (unpaired) electrons. The third-order valence-corrected chi connectivity index (χ3v) is 4.87. The fraction of sp³-hybridized carbons (Fsp3) is 0.150. The van der Waals surface area contributed by atoms with E-state index in [4.69, 9.17) is 4.98 Å². The molecule has 9 heteroatoms. The zero-order valence-corrected chi connectivity index (χ0v) is 15.8. The Morgan fingerprint density at radius 1 is 1.10 bits per heavy atom. The molecule has 4 aromatic heterocycles. The lowest BCUT2D eigenvalue weighted by Gasteiger charge is -2.17. The van der Waals surface area contributed by atoms with Gasteiger partial charge in [-0.1, -0.05) is 6.07 Å². The minimum Gasteiger partial charge on any atom is -0.358 e. The number of fused-ring (bicyclic) bond motifs is 2. The van der Waals surface area contributed by atoms with Gasteiger partial charge in [-0.15, -0.1) is 0 Å². The molecule has 0 amide bonds. The van der Waals surface area contributed by atoms with Crippen molar-refractivity contribution in [3.63, 3.8) is 0 Å². The summed E-state index contributed by atoms with van der Waals surface area (Å²) in [7, 11) is 0. The highest BCUT2D eigenvalue weighted by molar-refractivity contribution is 5.83. The zero-order chi connectivity index (χ0) is 20.0. The van der Waals surface area contributed by atoms with Crippen LogP contribution in [0.25, 0.3) is 28.0 Å². The molecule has 0 unspecified atom stereocenters. The Hall–Kier alpha value is -3.88. The Bertz CT molecular complexity index is 1320. The Kier molecular flexibility index (Phi) is 3.94. The van der Waals surface area contributed by atoms with Crippen LogP contribution in [0.1, 0.15) is 24.4 Å². The number of aromatic nitrogens is 7. The van der Waals surface area contributed by atoms with Crippen molar-refractivity contribution in [2.75, 3.05) is 5.32 Å². The van der Waals surface area contributed by atoms with Gasteiger partial charge in [0.1, 0.15) is 29.3 Å². The summed E-state index contributed by atoms with van der Waals surface area (Å²) in [4.78, 5) is 25.0. The number of pyridine rings is 1. The van der Waals surface area contributed by atoms with E-state index in [2.05, 4.69) is 30.2 Å². The van der Waals surface area contributed by atoms with Gasteiger partial charge in [-0.25, -0.2) is 29.3 Å². The van der Waals surface area contributed by atoms with E-state index in [1.54, 1.807) is 25.5 Å². The number of H-pyrrole nitrogens is 1. The standard InChI is InChI=1S/C20H17FN8/c1-11-13(21)6-7-14-17(11)29(15-5-3-4-8-22-15)20(28-14)12(2)27-19-16-18(24-9-23-16)25-10-26-19/h3-10,12H,1-2H3,(H2,23,24,25,26,27)/t12-/m0/s1. The van der Waals surface area contributed by atoms with Crippen LogP contribution in [-0.2, 0) is 0 Å². The largest absolute Gasteiger partial charge is 0.358 e. The normalized spacial score (nSPS) is 12.5. The van der Waals surface area contributed by atoms with Crippen LogP contribution >= 0.6 is 0 Å². The Morgan fingerprint density at radius 2 is 2.00 bits per heavy atom. The molecule has 2 N–H and O–H groups in total. The van der Waals surface area contributed by atoms with Crippen LogP contribution in [0.3, 0.4) is 0 Å². The third-order valence-electron chi connectivity index (χ3n) is 4.87. The summed E-state index contributed by atoms with van der Waals surface area (Å²) in [5.74, 6) is 1.66. The molecule has 144 valence electrons. The fourth-order valence-electron chi connectivity index (χ4n) is 3.47. The number of anilines is 1. The van der Waals surface area contributed by atoms with Crippen molar-refractivity contribution in [1.29, 1.82) is 0 Å². The number of halogens is 1. The summed E-state index contributed by atoms with van der Waals surface area (Å²) >= 11 is 0. The van der Waals surface area contributed by atoms with E-state index in [9.17, 15) is 4.39 Å². The molecule has 0 bridgehead atoms. The van der Waals surface area contributed by atoms with Crippen LogP contribution in [0, 0.1) is 12.7 Å². The molecular weight excluding hydrogens is 371 g/mol. The van der Waals surface area contributed by atoms with Crippen molar-refractivity contribution in [2.45, 2.75) is 19.9 Å². The number of aryl methyl sites for hydroxylation is 1. The van der Waals surface area contributed by atoms with E-state index in [1.165, 1.54) is 12.4 Å². The molecule has 29 heavy (non-hydrogen) atoms. The van der Waals surface area contributed by atoms with Crippen molar-refractivity contribution < 1.29 is 4.39 Å². The Balaban J connectivity index is 1.68. The topological polar surface area (TPSA) is 97.2 Å². The molecule has 0 fully saturated rings. The van der Waals surface area contributed by atoms with E-state index in [1.807, 2.05) is 29.7 Å². The van der Waals surface area contributed by atoms with E-state index in [0.29, 0.717) is 45.2 Å². The molecule has 5 aromatic rings. The quantitative estimate of drug-likeness (QED) is 0.487. The molecule has 0 aliphatic carbocycles. The first-order valence-corrected chi connectivity index (χ1v) is 9.13. The van der Waals surface area contributed by atoms with Gasteiger partial charge in [0.2, 0.25) is 0 Å². The maximum absolute atomic E-state index is 14.3. The van der Waals surface area contributed by atoms with Gasteiger partial charge in [0.05, 0.1) is 23.4 Å². The molecular formula is C20H17FN8. The number of nitrogens with zero attached hydrogens (tertiary/aromatic N) is 6. The summed E-state index contributed by atoms with van der Waals surface area (Å²) in [5, 5.41) is 3.35. The second kappa shape index (κ2) is 6.62. The van der Waals surface area contributed by atoms with E-state index >= 15 is 0 Å². The van der Waals surface area contributed by atoms with Gasteiger partial charge >= 0.3 is 0 Å². The third kappa shape index (κ3) is 2.78.